The Morgan fingerprint density at radius 3 is 1.86 bits per heavy atom. The maximum Gasteiger partial charge on any atom is 0.513 e. The quantitative estimate of drug-likeness (QED) is 0.0829. The van der Waals surface area contributed by atoms with Crippen molar-refractivity contribution < 1.29 is 52.3 Å². The molecule has 0 amide bonds. The fourth-order valence-corrected chi connectivity index (χ4v) is 3.60. The summed E-state index contributed by atoms with van der Waals surface area (Å²) < 4.78 is 36.1. The lowest BCUT2D eigenvalue weighted by atomic mass is 10.1. The molecular formula is C30H47NO11. The average Bonchev–Trinajstić information content (AvgIpc) is 2.93. The molecule has 238 valence electrons. The molecule has 2 N–H and O–H groups in total. The molecule has 42 heavy (non-hydrogen) atoms. The van der Waals surface area contributed by atoms with Gasteiger partial charge in [-0.05, 0) is 57.2 Å². The molecule has 0 bridgehead atoms. The van der Waals surface area contributed by atoms with E-state index in [2.05, 4.69) is 0 Å². The topological polar surface area (TPSA) is 159 Å². The summed E-state index contributed by atoms with van der Waals surface area (Å²) in [5, 5.41) is 0. The van der Waals surface area contributed by atoms with Crippen molar-refractivity contribution in [1.82, 2.24) is 0 Å². The van der Waals surface area contributed by atoms with E-state index in [0.29, 0.717) is 24.8 Å². The van der Waals surface area contributed by atoms with Crippen LogP contribution in [0.5, 0.6) is 11.5 Å². The first-order valence-corrected chi connectivity index (χ1v) is 14.7. The van der Waals surface area contributed by atoms with E-state index >= 15 is 0 Å². The van der Waals surface area contributed by atoms with Crippen LogP contribution >= 0.6 is 0 Å². The molecule has 0 spiro atoms. The molecule has 1 rings (SSSR count). The van der Waals surface area contributed by atoms with E-state index in [1.54, 1.807) is 19.9 Å². The summed E-state index contributed by atoms with van der Waals surface area (Å²) in [6, 6.07) is 3.30. The van der Waals surface area contributed by atoms with Crippen LogP contribution < -0.4 is 15.2 Å². The van der Waals surface area contributed by atoms with E-state index in [0.717, 1.165) is 32.1 Å². The van der Waals surface area contributed by atoms with Crippen molar-refractivity contribution in [2.24, 2.45) is 5.73 Å². The van der Waals surface area contributed by atoms with Crippen LogP contribution in [0.2, 0.25) is 0 Å². The number of hydrogen-bond donors (Lipinski definition) is 1. The molecule has 1 unspecified atom stereocenters. The first-order chi connectivity index (χ1) is 20.1. The lowest BCUT2D eigenvalue weighted by Crippen LogP contribution is -2.36. The lowest BCUT2D eigenvalue weighted by Gasteiger charge is -2.18. The van der Waals surface area contributed by atoms with Crippen molar-refractivity contribution in [2.45, 2.75) is 111 Å². The second-order valence-electron chi connectivity index (χ2n) is 9.93. The van der Waals surface area contributed by atoms with Crippen molar-refractivity contribution in [3.8, 4) is 11.5 Å². The number of nitrogens with two attached hydrogens (primary N) is 1. The predicted molar refractivity (Wildman–Crippen MR) is 153 cm³/mol. The number of benzene rings is 1. The van der Waals surface area contributed by atoms with Gasteiger partial charge in [0.2, 0.25) is 0 Å². The smallest absolute Gasteiger partial charge is 0.461 e. The molecule has 0 fully saturated rings. The van der Waals surface area contributed by atoms with Crippen LogP contribution in [0, 0.1) is 0 Å². The summed E-state index contributed by atoms with van der Waals surface area (Å²) >= 11 is 0. The molecule has 0 radical (unpaired) electrons. The average molecular weight is 598 g/mol. The largest absolute Gasteiger partial charge is 0.513 e. The third kappa shape index (κ3) is 16.0. The number of hydrogen-bond acceptors (Lipinski definition) is 12. The van der Waals surface area contributed by atoms with Crippen LogP contribution in [-0.2, 0) is 34.9 Å². The van der Waals surface area contributed by atoms with Crippen molar-refractivity contribution in [3.63, 3.8) is 0 Å². The second-order valence-corrected chi connectivity index (χ2v) is 9.93. The van der Waals surface area contributed by atoms with Gasteiger partial charge in [-0.15, -0.1) is 0 Å². The van der Waals surface area contributed by atoms with Gasteiger partial charge in [-0.1, -0.05) is 58.9 Å². The third-order valence-electron chi connectivity index (χ3n) is 5.84. The summed E-state index contributed by atoms with van der Waals surface area (Å²) in [6.45, 7) is 9.51. The zero-order chi connectivity index (χ0) is 31.3. The monoisotopic (exact) mass is 597 g/mol. The van der Waals surface area contributed by atoms with Crippen molar-refractivity contribution in [1.29, 1.82) is 0 Å². The molecule has 0 aromatic heterocycles. The maximum absolute atomic E-state index is 12.5. The zero-order valence-corrected chi connectivity index (χ0v) is 25.5. The first-order valence-electron chi connectivity index (χ1n) is 14.7. The van der Waals surface area contributed by atoms with Crippen LogP contribution in [0.4, 0.5) is 14.4 Å². The van der Waals surface area contributed by atoms with Crippen molar-refractivity contribution >= 4 is 24.4 Å². The summed E-state index contributed by atoms with van der Waals surface area (Å²) in [5.74, 6) is -0.893. The fourth-order valence-electron chi connectivity index (χ4n) is 3.60. The Hall–Kier alpha value is -3.54. The van der Waals surface area contributed by atoms with Crippen LogP contribution in [0.1, 0.15) is 91.5 Å². The van der Waals surface area contributed by atoms with Crippen LogP contribution in [0.3, 0.4) is 0 Å². The Morgan fingerprint density at radius 1 is 0.714 bits per heavy atom. The van der Waals surface area contributed by atoms with E-state index in [-0.39, 0.29) is 43.8 Å². The zero-order valence-electron chi connectivity index (χ0n) is 25.5. The molecule has 1 aromatic carbocycles. The number of carbonyl (C=O) groups excluding carboxylic acids is 4. The molecule has 0 saturated carbocycles. The Kier molecular flexibility index (Phi) is 18.4. The fraction of sp³-hybridized carbons (Fsp3) is 0.667. The Labute approximate surface area is 248 Å². The SMILES string of the molecule is CCCCCOC(=O)Oc1ccc(C[C@H](N)C(=O)OC[C@H](C)OC(=O)OC(C)CCC)cc1OC(=O)OCCCCC. The van der Waals surface area contributed by atoms with E-state index in [4.69, 9.17) is 38.9 Å². The maximum atomic E-state index is 12.5. The molecule has 0 aliphatic carbocycles. The highest BCUT2D eigenvalue weighted by Crippen LogP contribution is 2.30. The molecule has 3 atom stereocenters. The molecule has 12 nitrogen and oxygen atoms in total. The molecule has 1 aromatic rings. The van der Waals surface area contributed by atoms with Gasteiger partial charge in [0.25, 0.3) is 0 Å². The first kappa shape index (κ1) is 36.5. The second kappa shape index (κ2) is 21.2. The van der Waals surface area contributed by atoms with Gasteiger partial charge in [-0.2, -0.15) is 0 Å². The minimum absolute atomic E-state index is 0.00823. The van der Waals surface area contributed by atoms with E-state index in [1.807, 2.05) is 20.8 Å². The normalized spacial score (nSPS) is 12.8. The highest BCUT2D eigenvalue weighted by atomic mass is 16.7. The van der Waals surface area contributed by atoms with Gasteiger partial charge in [-0.3, -0.25) is 4.79 Å². The number of esters is 1. The summed E-state index contributed by atoms with van der Waals surface area (Å²) in [4.78, 5) is 48.7. The predicted octanol–water partition coefficient (Wildman–Crippen LogP) is 6.24. The Balaban J connectivity index is 2.78. The minimum Gasteiger partial charge on any atom is -0.461 e. The standard InChI is InChI=1S/C30H47NO11/c1-6-9-11-16-36-28(33)41-25-15-14-23(19-26(25)42-29(34)37-17-12-10-7-2)18-24(31)27(32)38-20-22(5)40-30(35)39-21(4)13-8-3/h14-15,19,21-22,24H,6-13,16-18,20,31H2,1-5H3/t21?,22-,24-/m0/s1. The number of unbranched alkanes of at least 4 members (excludes halogenated alkanes) is 4. The third-order valence-corrected chi connectivity index (χ3v) is 5.84. The van der Waals surface area contributed by atoms with Crippen LogP contribution in [-0.4, -0.2) is 62.5 Å². The summed E-state index contributed by atoms with van der Waals surface area (Å²) in [7, 11) is 0. The number of rotatable bonds is 19. The molecule has 0 saturated heterocycles. The number of carbonyl (C=O) groups is 4. The van der Waals surface area contributed by atoms with Gasteiger partial charge in [0.05, 0.1) is 13.2 Å². The van der Waals surface area contributed by atoms with E-state index in [9.17, 15) is 19.2 Å². The molecule has 0 aliphatic heterocycles. The number of ether oxygens (including phenoxy) is 7. The van der Waals surface area contributed by atoms with E-state index in [1.165, 1.54) is 12.1 Å². The Bertz CT molecular complexity index is 969. The van der Waals surface area contributed by atoms with Crippen LogP contribution in [0.25, 0.3) is 0 Å². The highest BCUT2D eigenvalue weighted by Gasteiger charge is 2.22. The molecular weight excluding hydrogens is 550 g/mol. The lowest BCUT2D eigenvalue weighted by molar-refractivity contribution is -0.148. The highest BCUT2D eigenvalue weighted by molar-refractivity contribution is 5.76. The molecule has 0 heterocycles. The molecule has 12 heteroatoms. The van der Waals surface area contributed by atoms with Gasteiger partial charge in [-0.25, -0.2) is 14.4 Å². The molecule has 0 aliphatic rings. The summed E-state index contributed by atoms with van der Waals surface area (Å²) in [5.41, 5.74) is 6.53. The summed E-state index contributed by atoms with van der Waals surface area (Å²) in [6.07, 6.45) is 2.88. The van der Waals surface area contributed by atoms with Gasteiger partial charge in [0.1, 0.15) is 24.9 Å². The van der Waals surface area contributed by atoms with Gasteiger partial charge in [0, 0.05) is 0 Å². The van der Waals surface area contributed by atoms with Crippen LogP contribution in [0.15, 0.2) is 18.2 Å². The van der Waals surface area contributed by atoms with Gasteiger partial charge >= 0.3 is 24.4 Å². The van der Waals surface area contributed by atoms with Gasteiger partial charge < -0.3 is 38.9 Å². The van der Waals surface area contributed by atoms with E-state index < -0.39 is 36.6 Å². The van der Waals surface area contributed by atoms with Gasteiger partial charge in [0.15, 0.2) is 11.5 Å². The van der Waals surface area contributed by atoms with Crippen molar-refractivity contribution in [3.05, 3.63) is 23.8 Å². The minimum atomic E-state index is -1.09. The Morgan fingerprint density at radius 2 is 1.29 bits per heavy atom. The van der Waals surface area contributed by atoms with Crippen molar-refractivity contribution in [2.75, 3.05) is 19.8 Å².